The Bertz CT molecular complexity index is 273. The highest BCUT2D eigenvalue weighted by Gasteiger charge is 2.20. The first kappa shape index (κ1) is 11.0. The van der Waals surface area contributed by atoms with Crippen LogP contribution in [0.2, 0.25) is 0 Å². The van der Waals surface area contributed by atoms with E-state index in [1.807, 2.05) is 6.20 Å². The molecule has 1 saturated heterocycles. The molecule has 4 heteroatoms. The molecule has 0 aromatic carbocycles. The summed E-state index contributed by atoms with van der Waals surface area (Å²) < 4.78 is 0. The summed E-state index contributed by atoms with van der Waals surface area (Å²) >= 11 is 2.09. The maximum Gasteiger partial charge on any atom is 0.0921 e. The Morgan fingerprint density at radius 2 is 2.60 bits per heavy atom. The number of aromatic nitrogens is 2. The van der Waals surface area contributed by atoms with Crippen molar-refractivity contribution < 1.29 is 0 Å². The third-order valence-corrected chi connectivity index (χ3v) is 4.34. The number of imidazole rings is 1. The van der Waals surface area contributed by atoms with Gasteiger partial charge in [-0.25, -0.2) is 4.98 Å². The van der Waals surface area contributed by atoms with Crippen LogP contribution in [0.25, 0.3) is 0 Å². The average molecular weight is 225 g/mol. The molecule has 0 radical (unpaired) electrons. The van der Waals surface area contributed by atoms with Crippen LogP contribution in [0.4, 0.5) is 0 Å². The highest BCUT2D eigenvalue weighted by Crippen LogP contribution is 2.24. The summed E-state index contributed by atoms with van der Waals surface area (Å²) in [5.41, 5.74) is 1.22. The van der Waals surface area contributed by atoms with Crippen molar-refractivity contribution in [1.29, 1.82) is 0 Å². The molecule has 84 valence electrons. The molecule has 2 atom stereocenters. The molecule has 1 aromatic heterocycles. The third kappa shape index (κ3) is 3.24. The summed E-state index contributed by atoms with van der Waals surface area (Å²) in [6, 6.07) is 0.701. The molecule has 1 aliphatic rings. The molecule has 1 fully saturated rings. The highest BCUT2D eigenvalue weighted by molar-refractivity contribution is 7.99. The van der Waals surface area contributed by atoms with E-state index in [-0.39, 0.29) is 0 Å². The van der Waals surface area contributed by atoms with Crippen molar-refractivity contribution in [3.05, 3.63) is 18.2 Å². The van der Waals surface area contributed by atoms with Gasteiger partial charge in [-0.2, -0.15) is 11.8 Å². The van der Waals surface area contributed by atoms with Gasteiger partial charge >= 0.3 is 0 Å². The second-order valence-electron chi connectivity index (χ2n) is 4.11. The fraction of sp³-hybridized carbons (Fsp3) is 0.727. The minimum Gasteiger partial charge on any atom is -0.348 e. The smallest absolute Gasteiger partial charge is 0.0921 e. The monoisotopic (exact) mass is 225 g/mol. The van der Waals surface area contributed by atoms with E-state index in [1.165, 1.54) is 24.3 Å². The van der Waals surface area contributed by atoms with Crippen LogP contribution >= 0.6 is 11.8 Å². The van der Waals surface area contributed by atoms with Gasteiger partial charge in [-0.15, -0.1) is 0 Å². The van der Waals surface area contributed by atoms with Gasteiger partial charge in [-0.3, -0.25) is 0 Å². The number of hydrogen-bond donors (Lipinski definition) is 2. The maximum absolute atomic E-state index is 4.02. The van der Waals surface area contributed by atoms with Gasteiger partial charge in [-0.05, 0) is 18.6 Å². The van der Waals surface area contributed by atoms with Crippen molar-refractivity contribution in [3.8, 4) is 0 Å². The lowest BCUT2D eigenvalue weighted by Gasteiger charge is -2.29. The van der Waals surface area contributed by atoms with E-state index >= 15 is 0 Å². The molecule has 0 amide bonds. The van der Waals surface area contributed by atoms with E-state index in [2.05, 4.69) is 34.0 Å². The standard InChI is InChI=1S/C11H19N3S/c1-9-11(3-2-6-15-9)13-5-4-10-7-12-8-14-10/h7-9,11,13H,2-6H2,1H3,(H,12,14). The number of H-pyrrole nitrogens is 1. The molecule has 3 nitrogen and oxygen atoms in total. The third-order valence-electron chi connectivity index (χ3n) is 2.96. The minimum atomic E-state index is 0.701. The topological polar surface area (TPSA) is 40.7 Å². The second-order valence-corrected chi connectivity index (χ2v) is 5.59. The predicted octanol–water partition coefficient (Wildman–Crippen LogP) is 1.83. The molecule has 1 aliphatic heterocycles. The summed E-state index contributed by atoms with van der Waals surface area (Å²) in [4.78, 5) is 7.14. The van der Waals surface area contributed by atoms with Crippen LogP contribution in [-0.2, 0) is 6.42 Å². The molecular weight excluding hydrogens is 206 g/mol. The minimum absolute atomic E-state index is 0.701. The average Bonchev–Trinajstić information content (AvgIpc) is 2.74. The highest BCUT2D eigenvalue weighted by atomic mass is 32.2. The first-order valence-corrected chi connectivity index (χ1v) is 6.73. The van der Waals surface area contributed by atoms with Crippen LogP contribution < -0.4 is 5.32 Å². The van der Waals surface area contributed by atoms with Crippen molar-refractivity contribution in [3.63, 3.8) is 0 Å². The van der Waals surface area contributed by atoms with Crippen molar-refractivity contribution >= 4 is 11.8 Å². The van der Waals surface area contributed by atoms with Crippen LogP contribution in [0.15, 0.2) is 12.5 Å². The van der Waals surface area contributed by atoms with Gasteiger partial charge in [0.05, 0.1) is 6.33 Å². The Morgan fingerprint density at radius 3 is 3.33 bits per heavy atom. The fourth-order valence-electron chi connectivity index (χ4n) is 2.00. The summed E-state index contributed by atoms with van der Waals surface area (Å²) in [6.45, 7) is 3.38. The van der Waals surface area contributed by atoms with Crippen molar-refractivity contribution in [2.45, 2.75) is 37.5 Å². The Morgan fingerprint density at radius 1 is 1.67 bits per heavy atom. The normalized spacial score (nSPS) is 26.7. The van der Waals surface area contributed by atoms with E-state index in [9.17, 15) is 0 Å². The van der Waals surface area contributed by atoms with Crippen LogP contribution in [-0.4, -0.2) is 33.6 Å². The lowest BCUT2D eigenvalue weighted by Crippen LogP contribution is -2.40. The van der Waals surface area contributed by atoms with Gasteiger partial charge < -0.3 is 10.3 Å². The van der Waals surface area contributed by atoms with E-state index in [0.717, 1.165) is 18.2 Å². The summed E-state index contributed by atoms with van der Waals surface area (Å²) in [5, 5.41) is 4.41. The van der Waals surface area contributed by atoms with Crippen molar-refractivity contribution in [2.24, 2.45) is 0 Å². The number of aromatic amines is 1. The summed E-state index contributed by atoms with van der Waals surface area (Å²) in [5.74, 6) is 1.33. The van der Waals surface area contributed by atoms with Crippen LogP contribution in [0.1, 0.15) is 25.5 Å². The summed E-state index contributed by atoms with van der Waals surface area (Å²) in [6.07, 6.45) is 7.39. The lowest BCUT2D eigenvalue weighted by molar-refractivity contribution is 0.465. The van der Waals surface area contributed by atoms with Crippen molar-refractivity contribution in [1.82, 2.24) is 15.3 Å². The van der Waals surface area contributed by atoms with Gasteiger partial charge in [0, 0.05) is 36.1 Å². The lowest BCUT2D eigenvalue weighted by atomic mass is 10.1. The molecule has 15 heavy (non-hydrogen) atoms. The van der Waals surface area contributed by atoms with Gasteiger partial charge in [0.2, 0.25) is 0 Å². The molecular formula is C11H19N3S. The largest absolute Gasteiger partial charge is 0.348 e. The Kier molecular flexibility index (Phi) is 4.09. The Balaban J connectivity index is 1.68. The second kappa shape index (κ2) is 5.56. The quantitative estimate of drug-likeness (QED) is 0.821. The Labute approximate surface area is 95.4 Å². The number of hydrogen-bond acceptors (Lipinski definition) is 3. The number of nitrogens with zero attached hydrogens (tertiary/aromatic N) is 1. The zero-order chi connectivity index (χ0) is 10.5. The predicted molar refractivity (Wildman–Crippen MR) is 65.2 cm³/mol. The fourth-order valence-corrected chi connectivity index (χ4v) is 3.17. The van der Waals surface area contributed by atoms with Crippen LogP contribution in [0.5, 0.6) is 0 Å². The first-order valence-electron chi connectivity index (χ1n) is 5.68. The molecule has 2 unspecified atom stereocenters. The zero-order valence-electron chi connectivity index (χ0n) is 9.20. The summed E-state index contributed by atoms with van der Waals surface area (Å²) in [7, 11) is 0. The molecule has 0 spiro atoms. The first-order chi connectivity index (χ1) is 7.36. The number of nitrogens with one attached hydrogen (secondary N) is 2. The van der Waals surface area contributed by atoms with E-state index in [4.69, 9.17) is 0 Å². The Hall–Kier alpha value is -0.480. The van der Waals surface area contributed by atoms with Crippen LogP contribution in [0.3, 0.4) is 0 Å². The molecule has 0 saturated carbocycles. The maximum atomic E-state index is 4.02. The van der Waals surface area contributed by atoms with Gasteiger partial charge in [-0.1, -0.05) is 6.92 Å². The molecule has 2 heterocycles. The van der Waals surface area contributed by atoms with Crippen LogP contribution in [0, 0.1) is 0 Å². The number of thioether (sulfide) groups is 1. The zero-order valence-corrected chi connectivity index (χ0v) is 10.0. The van der Waals surface area contributed by atoms with E-state index in [1.54, 1.807) is 6.33 Å². The molecule has 1 aromatic rings. The SMILES string of the molecule is CC1SCCCC1NCCc1cnc[nH]1. The van der Waals surface area contributed by atoms with E-state index in [0.29, 0.717) is 6.04 Å². The molecule has 2 N–H and O–H groups in total. The van der Waals surface area contributed by atoms with Gasteiger partial charge in [0.15, 0.2) is 0 Å². The van der Waals surface area contributed by atoms with Gasteiger partial charge in [0.25, 0.3) is 0 Å². The molecule has 0 aliphatic carbocycles. The number of rotatable bonds is 4. The van der Waals surface area contributed by atoms with Gasteiger partial charge in [0.1, 0.15) is 0 Å². The van der Waals surface area contributed by atoms with E-state index < -0.39 is 0 Å². The van der Waals surface area contributed by atoms with Crippen molar-refractivity contribution in [2.75, 3.05) is 12.3 Å². The molecule has 2 rings (SSSR count). The molecule has 0 bridgehead atoms.